The first-order chi connectivity index (χ1) is 6.24. The Labute approximate surface area is 77.3 Å². The molecule has 0 atom stereocenters. The zero-order chi connectivity index (χ0) is 9.68. The van der Waals surface area contributed by atoms with Gasteiger partial charge in [-0.2, -0.15) is 0 Å². The molecule has 0 saturated carbocycles. The van der Waals surface area contributed by atoms with Crippen LogP contribution in [0.15, 0.2) is 19.0 Å². The van der Waals surface area contributed by atoms with Crippen LogP contribution < -0.4 is 5.32 Å². The average Bonchev–Trinajstić information content (AvgIpc) is 2.15. The number of hydrogen-bond donors (Lipinski definition) is 2. The van der Waals surface area contributed by atoms with Gasteiger partial charge in [0.1, 0.15) is 12.1 Å². The fourth-order valence-corrected chi connectivity index (χ4v) is 0.871. The molecule has 1 rings (SSSR count). The lowest BCUT2D eigenvalue weighted by molar-refractivity contribution is 0.311. The number of nitrogens with one attached hydrogen (secondary N) is 1. The van der Waals surface area contributed by atoms with Crippen LogP contribution in [0.5, 0.6) is 0 Å². The van der Waals surface area contributed by atoms with Crippen molar-refractivity contribution in [2.75, 3.05) is 18.5 Å². The molecular formula is C9H13N3O. The van der Waals surface area contributed by atoms with Crippen LogP contribution >= 0.6 is 0 Å². The standard InChI is InChI=1S/C9H13N3O/c1-7(2)8-5-9(10-3-4-13)12-6-11-8/h5-6,13H,1,3-4H2,2H3,(H,10,11,12). The number of aliphatic hydroxyl groups excluding tert-OH is 1. The zero-order valence-corrected chi connectivity index (χ0v) is 7.62. The summed E-state index contributed by atoms with van der Waals surface area (Å²) in [5.74, 6) is 0.710. The first-order valence-electron chi connectivity index (χ1n) is 4.06. The quantitative estimate of drug-likeness (QED) is 0.721. The molecule has 13 heavy (non-hydrogen) atoms. The second-order valence-corrected chi connectivity index (χ2v) is 2.72. The summed E-state index contributed by atoms with van der Waals surface area (Å²) < 4.78 is 0. The lowest BCUT2D eigenvalue weighted by Gasteiger charge is -2.04. The maximum atomic E-state index is 8.58. The van der Waals surface area contributed by atoms with E-state index in [2.05, 4.69) is 21.9 Å². The van der Waals surface area contributed by atoms with E-state index in [1.165, 1.54) is 6.33 Å². The van der Waals surface area contributed by atoms with Crippen molar-refractivity contribution >= 4 is 11.4 Å². The minimum absolute atomic E-state index is 0.0897. The summed E-state index contributed by atoms with van der Waals surface area (Å²) in [6.45, 7) is 6.25. The number of anilines is 1. The van der Waals surface area contributed by atoms with Crippen LogP contribution in [0.25, 0.3) is 5.57 Å². The Morgan fingerprint density at radius 3 is 3.00 bits per heavy atom. The lowest BCUT2D eigenvalue weighted by Crippen LogP contribution is -2.07. The molecule has 0 unspecified atom stereocenters. The molecule has 1 aromatic rings. The van der Waals surface area contributed by atoms with E-state index < -0.39 is 0 Å². The Morgan fingerprint density at radius 1 is 1.62 bits per heavy atom. The highest BCUT2D eigenvalue weighted by molar-refractivity contribution is 5.60. The predicted molar refractivity (Wildman–Crippen MR) is 52.3 cm³/mol. The Balaban J connectivity index is 2.73. The van der Waals surface area contributed by atoms with Gasteiger partial charge in [0, 0.05) is 12.6 Å². The summed E-state index contributed by atoms with van der Waals surface area (Å²) in [6.07, 6.45) is 1.48. The number of aromatic nitrogens is 2. The first kappa shape index (κ1) is 9.67. The van der Waals surface area contributed by atoms with Gasteiger partial charge in [-0.1, -0.05) is 6.58 Å². The second kappa shape index (κ2) is 4.57. The third-order valence-corrected chi connectivity index (χ3v) is 1.52. The highest BCUT2D eigenvalue weighted by Crippen LogP contribution is 2.10. The van der Waals surface area contributed by atoms with Crippen molar-refractivity contribution in [3.05, 3.63) is 24.7 Å². The largest absolute Gasteiger partial charge is 0.395 e. The Kier molecular flexibility index (Phi) is 3.40. The average molecular weight is 179 g/mol. The highest BCUT2D eigenvalue weighted by atomic mass is 16.3. The van der Waals surface area contributed by atoms with E-state index in [9.17, 15) is 0 Å². The number of rotatable bonds is 4. The molecule has 0 radical (unpaired) electrons. The van der Waals surface area contributed by atoms with Gasteiger partial charge in [-0.25, -0.2) is 9.97 Å². The van der Waals surface area contributed by atoms with Crippen molar-refractivity contribution in [1.29, 1.82) is 0 Å². The molecule has 4 heteroatoms. The topological polar surface area (TPSA) is 58.0 Å². The van der Waals surface area contributed by atoms with Gasteiger partial charge >= 0.3 is 0 Å². The molecule has 0 amide bonds. The van der Waals surface area contributed by atoms with E-state index in [1.807, 2.05) is 6.92 Å². The van der Waals surface area contributed by atoms with Crippen LogP contribution in [0, 0.1) is 0 Å². The molecule has 4 nitrogen and oxygen atoms in total. The van der Waals surface area contributed by atoms with E-state index in [0.29, 0.717) is 12.4 Å². The summed E-state index contributed by atoms with van der Waals surface area (Å²) in [7, 11) is 0. The molecule has 1 heterocycles. The molecule has 0 aromatic carbocycles. The van der Waals surface area contributed by atoms with Crippen molar-refractivity contribution in [2.45, 2.75) is 6.92 Å². The van der Waals surface area contributed by atoms with Gasteiger partial charge in [0.25, 0.3) is 0 Å². The van der Waals surface area contributed by atoms with Crippen LogP contribution in [0.3, 0.4) is 0 Å². The Morgan fingerprint density at radius 2 is 2.38 bits per heavy atom. The summed E-state index contributed by atoms with van der Waals surface area (Å²) in [6, 6.07) is 1.80. The summed E-state index contributed by atoms with van der Waals surface area (Å²) in [5, 5.41) is 11.5. The third kappa shape index (κ3) is 2.83. The van der Waals surface area contributed by atoms with Gasteiger partial charge in [0.15, 0.2) is 0 Å². The summed E-state index contributed by atoms with van der Waals surface area (Å²) in [4.78, 5) is 8.02. The fourth-order valence-electron chi connectivity index (χ4n) is 0.871. The van der Waals surface area contributed by atoms with Crippen molar-refractivity contribution in [1.82, 2.24) is 9.97 Å². The Hall–Kier alpha value is -1.42. The minimum Gasteiger partial charge on any atom is -0.395 e. The van der Waals surface area contributed by atoms with Gasteiger partial charge in [0.2, 0.25) is 0 Å². The van der Waals surface area contributed by atoms with E-state index >= 15 is 0 Å². The number of hydrogen-bond acceptors (Lipinski definition) is 4. The van der Waals surface area contributed by atoms with Crippen molar-refractivity contribution in [2.24, 2.45) is 0 Å². The molecule has 0 aliphatic rings. The molecule has 0 aliphatic carbocycles. The SMILES string of the molecule is C=C(C)c1cc(NCCO)ncn1. The predicted octanol–water partition coefficient (Wildman–Crippen LogP) is 0.914. The fraction of sp³-hybridized carbons (Fsp3) is 0.333. The number of aliphatic hydroxyl groups is 1. The molecule has 2 N–H and O–H groups in total. The van der Waals surface area contributed by atoms with E-state index in [0.717, 1.165) is 11.3 Å². The van der Waals surface area contributed by atoms with Gasteiger partial charge in [0.05, 0.1) is 12.3 Å². The van der Waals surface area contributed by atoms with Gasteiger partial charge < -0.3 is 10.4 Å². The Bertz CT molecular complexity index is 299. The molecule has 70 valence electrons. The molecular weight excluding hydrogens is 166 g/mol. The van der Waals surface area contributed by atoms with E-state index in [1.54, 1.807) is 6.07 Å². The first-order valence-corrected chi connectivity index (χ1v) is 4.06. The molecule has 0 saturated heterocycles. The van der Waals surface area contributed by atoms with Crippen LogP contribution in [-0.2, 0) is 0 Å². The minimum atomic E-state index is 0.0897. The van der Waals surface area contributed by atoms with Crippen molar-refractivity contribution in [3.63, 3.8) is 0 Å². The maximum Gasteiger partial charge on any atom is 0.130 e. The number of nitrogens with zero attached hydrogens (tertiary/aromatic N) is 2. The van der Waals surface area contributed by atoms with Crippen molar-refractivity contribution < 1.29 is 5.11 Å². The van der Waals surface area contributed by atoms with Crippen LogP contribution in [-0.4, -0.2) is 28.2 Å². The smallest absolute Gasteiger partial charge is 0.130 e. The van der Waals surface area contributed by atoms with Gasteiger partial charge in [-0.3, -0.25) is 0 Å². The van der Waals surface area contributed by atoms with Gasteiger partial charge in [-0.05, 0) is 12.5 Å². The summed E-state index contributed by atoms with van der Waals surface area (Å²) in [5.41, 5.74) is 1.71. The third-order valence-electron chi connectivity index (χ3n) is 1.52. The van der Waals surface area contributed by atoms with Crippen LogP contribution in [0.2, 0.25) is 0 Å². The van der Waals surface area contributed by atoms with E-state index in [4.69, 9.17) is 5.11 Å². The summed E-state index contributed by atoms with van der Waals surface area (Å²) >= 11 is 0. The second-order valence-electron chi connectivity index (χ2n) is 2.72. The highest BCUT2D eigenvalue weighted by Gasteiger charge is 1.97. The molecule has 0 bridgehead atoms. The van der Waals surface area contributed by atoms with Gasteiger partial charge in [-0.15, -0.1) is 0 Å². The normalized spacial score (nSPS) is 9.69. The molecule has 0 fully saturated rings. The maximum absolute atomic E-state index is 8.58. The van der Waals surface area contributed by atoms with Crippen molar-refractivity contribution in [3.8, 4) is 0 Å². The number of allylic oxidation sites excluding steroid dienone is 1. The zero-order valence-electron chi connectivity index (χ0n) is 7.62. The molecule has 0 spiro atoms. The molecule has 0 aliphatic heterocycles. The van der Waals surface area contributed by atoms with E-state index in [-0.39, 0.29) is 6.61 Å². The van der Waals surface area contributed by atoms with Crippen LogP contribution in [0.4, 0.5) is 5.82 Å². The molecule has 1 aromatic heterocycles. The monoisotopic (exact) mass is 179 g/mol. The lowest BCUT2D eigenvalue weighted by atomic mass is 10.2. The van der Waals surface area contributed by atoms with Crippen LogP contribution in [0.1, 0.15) is 12.6 Å².